The van der Waals surface area contributed by atoms with E-state index >= 15 is 0 Å². The summed E-state index contributed by atoms with van der Waals surface area (Å²) in [5, 5.41) is 0.0524. The summed E-state index contributed by atoms with van der Waals surface area (Å²) in [5.41, 5.74) is 1.44. The van der Waals surface area contributed by atoms with Crippen molar-refractivity contribution in [2.24, 2.45) is 0 Å². The average Bonchev–Trinajstić information content (AvgIpc) is 2.85. The summed E-state index contributed by atoms with van der Waals surface area (Å²) in [7, 11) is -2.04. The number of ether oxygens (including phenoxy) is 1. The summed E-state index contributed by atoms with van der Waals surface area (Å²) in [6.45, 7) is 2.23. The SMILES string of the molecule is COCCc1ccccc1NS(=O)(=O)c1cnc(C)[nH]1. The molecule has 0 aliphatic heterocycles. The van der Waals surface area contributed by atoms with Crippen molar-refractivity contribution in [3.05, 3.63) is 41.9 Å². The first-order valence-corrected chi connectivity index (χ1v) is 7.62. The molecule has 2 N–H and O–H groups in total. The molecule has 20 heavy (non-hydrogen) atoms. The van der Waals surface area contributed by atoms with E-state index in [1.54, 1.807) is 26.2 Å². The number of hydrogen-bond acceptors (Lipinski definition) is 4. The van der Waals surface area contributed by atoms with Crippen LogP contribution in [0.5, 0.6) is 0 Å². The van der Waals surface area contributed by atoms with Crippen LogP contribution in [0, 0.1) is 6.92 Å². The number of benzene rings is 1. The van der Waals surface area contributed by atoms with Crippen LogP contribution in [0.1, 0.15) is 11.4 Å². The van der Waals surface area contributed by atoms with Crippen molar-refractivity contribution in [3.63, 3.8) is 0 Å². The van der Waals surface area contributed by atoms with Gasteiger partial charge in [0.15, 0.2) is 5.03 Å². The number of aromatic amines is 1. The highest BCUT2D eigenvalue weighted by Gasteiger charge is 2.17. The van der Waals surface area contributed by atoms with Crippen molar-refractivity contribution < 1.29 is 13.2 Å². The van der Waals surface area contributed by atoms with E-state index in [0.717, 1.165) is 5.56 Å². The summed E-state index contributed by atoms with van der Waals surface area (Å²) in [6.07, 6.45) is 1.94. The number of H-pyrrole nitrogens is 1. The lowest BCUT2D eigenvalue weighted by Gasteiger charge is -2.11. The maximum atomic E-state index is 12.2. The Morgan fingerprint density at radius 3 is 2.75 bits per heavy atom. The lowest BCUT2D eigenvalue weighted by molar-refractivity contribution is 0.202. The Bertz CT molecular complexity index is 680. The zero-order valence-corrected chi connectivity index (χ0v) is 12.2. The lowest BCUT2D eigenvalue weighted by Crippen LogP contribution is -2.15. The predicted octanol–water partition coefficient (Wildman–Crippen LogP) is 1.71. The molecule has 0 atom stereocenters. The lowest BCUT2D eigenvalue weighted by atomic mass is 10.1. The monoisotopic (exact) mass is 295 g/mol. The summed E-state index contributed by atoms with van der Waals surface area (Å²) in [4.78, 5) is 6.61. The topological polar surface area (TPSA) is 84.1 Å². The molecular weight excluding hydrogens is 278 g/mol. The van der Waals surface area contributed by atoms with Crippen LogP contribution in [0.3, 0.4) is 0 Å². The molecule has 0 unspecified atom stereocenters. The van der Waals surface area contributed by atoms with Gasteiger partial charge in [-0.3, -0.25) is 4.72 Å². The van der Waals surface area contributed by atoms with Crippen LogP contribution in [-0.2, 0) is 21.2 Å². The second-order valence-electron chi connectivity index (χ2n) is 4.34. The second kappa shape index (κ2) is 6.06. The largest absolute Gasteiger partial charge is 0.384 e. The van der Waals surface area contributed by atoms with Gasteiger partial charge in [-0.2, -0.15) is 8.42 Å². The molecule has 0 fully saturated rings. The van der Waals surface area contributed by atoms with Gasteiger partial charge in [0.2, 0.25) is 0 Å². The van der Waals surface area contributed by atoms with Crippen LogP contribution in [0.25, 0.3) is 0 Å². The molecule has 0 saturated carbocycles. The second-order valence-corrected chi connectivity index (χ2v) is 5.99. The third kappa shape index (κ3) is 3.37. The smallest absolute Gasteiger partial charge is 0.278 e. The van der Waals surface area contributed by atoms with E-state index in [-0.39, 0.29) is 5.03 Å². The van der Waals surface area contributed by atoms with E-state index < -0.39 is 10.0 Å². The molecule has 0 saturated heterocycles. The van der Waals surface area contributed by atoms with Gasteiger partial charge in [-0.05, 0) is 25.0 Å². The van der Waals surface area contributed by atoms with Gasteiger partial charge in [-0.15, -0.1) is 0 Å². The molecule has 0 bridgehead atoms. The van der Waals surface area contributed by atoms with Gasteiger partial charge >= 0.3 is 0 Å². The summed E-state index contributed by atoms with van der Waals surface area (Å²) in [5.74, 6) is 0.554. The van der Waals surface area contributed by atoms with Crippen LogP contribution in [-0.4, -0.2) is 32.1 Å². The molecule has 1 aromatic heterocycles. The quantitative estimate of drug-likeness (QED) is 0.849. The molecule has 1 aromatic carbocycles. The van der Waals surface area contributed by atoms with E-state index in [4.69, 9.17) is 4.74 Å². The molecule has 0 aliphatic carbocycles. The highest BCUT2D eigenvalue weighted by Crippen LogP contribution is 2.19. The van der Waals surface area contributed by atoms with E-state index in [9.17, 15) is 8.42 Å². The fraction of sp³-hybridized carbons (Fsp3) is 0.308. The number of nitrogens with one attached hydrogen (secondary N) is 2. The number of anilines is 1. The van der Waals surface area contributed by atoms with Crippen LogP contribution in [0.2, 0.25) is 0 Å². The molecule has 0 amide bonds. The van der Waals surface area contributed by atoms with Gasteiger partial charge in [0.1, 0.15) is 5.82 Å². The van der Waals surface area contributed by atoms with Crippen molar-refractivity contribution in [2.45, 2.75) is 18.4 Å². The average molecular weight is 295 g/mol. The van der Waals surface area contributed by atoms with Crippen LogP contribution in [0.4, 0.5) is 5.69 Å². The molecule has 2 rings (SSSR count). The number of para-hydroxylation sites is 1. The zero-order chi connectivity index (χ0) is 14.6. The van der Waals surface area contributed by atoms with Crippen molar-refractivity contribution in [2.75, 3.05) is 18.4 Å². The predicted molar refractivity (Wildman–Crippen MR) is 76.2 cm³/mol. The molecule has 108 valence electrons. The Balaban J connectivity index is 2.25. The van der Waals surface area contributed by atoms with Gasteiger partial charge in [-0.25, -0.2) is 4.98 Å². The number of imidazole rings is 1. The number of aromatic nitrogens is 2. The highest BCUT2D eigenvalue weighted by atomic mass is 32.2. The summed E-state index contributed by atoms with van der Waals surface area (Å²) >= 11 is 0. The minimum atomic E-state index is -3.65. The van der Waals surface area contributed by atoms with Gasteiger partial charge in [0, 0.05) is 7.11 Å². The number of aryl methyl sites for hydroxylation is 1. The first-order valence-electron chi connectivity index (χ1n) is 6.14. The van der Waals surface area contributed by atoms with E-state index in [0.29, 0.717) is 24.5 Å². The minimum absolute atomic E-state index is 0.0524. The van der Waals surface area contributed by atoms with Crippen molar-refractivity contribution in [1.82, 2.24) is 9.97 Å². The van der Waals surface area contributed by atoms with E-state index in [2.05, 4.69) is 14.7 Å². The van der Waals surface area contributed by atoms with Gasteiger partial charge < -0.3 is 9.72 Å². The number of hydrogen-bond donors (Lipinski definition) is 2. The number of sulfonamides is 1. The molecule has 0 radical (unpaired) electrons. The molecule has 1 heterocycles. The standard InChI is InChI=1S/C13H17N3O3S/c1-10-14-9-13(15-10)20(17,18)16-12-6-4-3-5-11(12)7-8-19-2/h3-6,9,16H,7-8H2,1-2H3,(H,14,15). The van der Waals surface area contributed by atoms with Crippen molar-refractivity contribution in [3.8, 4) is 0 Å². The molecule has 0 spiro atoms. The first-order chi connectivity index (χ1) is 9.53. The molecule has 0 aliphatic rings. The Hall–Kier alpha value is -1.86. The third-order valence-corrected chi connectivity index (χ3v) is 4.08. The summed E-state index contributed by atoms with van der Waals surface area (Å²) < 4.78 is 32.1. The zero-order valence-electron chi connectivity index (χ0n) is 11.4. The van der Waals surface area contributed by atoms with E-state index in [1.165, 1.54) is 6.20 Å². The fourth-order valence-electron chi connectivity index (χ4n) is 1.78. The van der Waals surface area contributed by atoms with Crippen molar-refractivity contribution in [1.29, 1.82) is 0 Å². The van der Waals surface area contributed by atoms with Crippen LogP contribution >= 0.6 is 0 Å². The fourth-order valence-corrected chi connectivity index (χ4v) is 2.86. The Morgan fingerprint density at radius 2 is 2.10 bits per heavy atom. The number of methoxy groups -OCH3 is 1. The maximum absolute atomic E-state index is 12.2. The van der Waals surface area contributed by atoms with Crippen LogP contribution in [0.15, 0.2) is 35.5 Å². The van der Waals surface area contributed by atoms with Gasteiger partial charge in [0.25, 0.3) is 10.0 Å². The number of rotatable bonds is 6. The normalized spacial score (nSPS) is 11.5. The molecule has 7 heteroatoms. The Morgan fingerprint density at radius 1 is 1.35 bits per heavy atom. The maximum Gasteiger partial charge on any atom is 0.278 e. The van der Waals surface area contributed by atoms with Gasteiger partial charge in [0.05, 0.1) is 18.5 Å². The molecule has 6 nitrogen and oxygen atoms in total. The highest BCUT2D eigenvalue weighted by molar-refractivity contribution is 7.92. The Labute approximate surface area is 118 Å². The molecular formula is C13H17N3O3S. The number of nitrogens with zero attached hydrogens (tertiary/aromatic N) is 1. The van der Waals surface area contributed by atoms with Crippen LogP contribution < -0.4 is 4.72 Å². The minimum Gasteiger partial charge on any atom is -0.384 e. The molecule has 2 aromatic rings. The summed E-state index contributed by atoms with van der Waals surface area (Å²) in [6, 6.07) is 7.25. The Kier molecular flexibility index (Phi) is 4.41. The van der Waals surface area contributed by atoms with Crippen molar-refractivity contribution >= 4 is 15.7 Å². The van der Waals surface area contributed by atoms with Gasteiger partial charge in [-0.1, -0.05) is 18.2 Å². The third-order valence-electron chi connectivity index (χ3n) is 2.81. The first kappa shape index (κ1) is 14.5. The van der Waals surface area contributed by atoms with E-state index in [1.807, 2.05) is 12.1 Å².